The average Bonchev–Trinajstić information content (AvgIpc) is 3.07. The standard InChI is InChI=1S/C28H30N4O2S/c1-31-15-6-16-32(18-17-31)21-22-7-2-9-24(19-22)25-10-3-12-26(20-25)30-35(33,34)27-13-4-8-23-11-5-14-29-28(23)27/h2-5,7-14,19-20,30H,6,15-18,21H2,1H3. The van der Waals surface area contributed by atoms with E-state index in [1.165, 1.54) is 12.0 Å². The number of hydrogen-bond acceptors (Lipinski definition) is 5. The third-order valence-electron chi connectivity index (χ3n) is 6.48. The lowest BCUT2D eigenvalue weighted by Gasteiger charge is -2.20. The van der Waals surface area contributed by atoms with E-state index in [9.17, 15) is 8.42 Å². The molecule has 0 radical (unpaired) electrons. The Hall–Kier alpha value is -3.26. The molecule has 35 heavy (non-hydrogen) atoms. The molecule has 7 heteroatoms. The van der Waals surface area contributed by atoms with Crippen molar-refractivity contribution in [1.82, 2.24) is 14.8 Å². The molecule has 0 aliphatic carbocycles. The van der Waals surface area contributed by atoms with E-state index in [0.717, 1.165) is 49.2 Å². The van der Waals surface area contributed by atoms with E-state index in [2.05, 4.69) is 50.8 Å². The van der Waals surface area contributed by atoms with Crippen LogP contribution in [0.3, 0.4) is 0 Å². The minimum atomic E-state index is -3.80. The number of aromatic nitrogens is 1. The van der Waals surface area contributed by atoms with Crippen molar-refractivity contribution in [2.75, 3.05) is 37.9 Å². The third kappa shape index (κ3) is 5.53. The molecule has 0 spiro atoms. The first-order valence-electron chi connectivity index (χ1n) is 11.9. The summed E-state index contributed by atoms with van der Waals surface area (Å²) in [4.78, 5) is 9.36. The predicted octanol–water partition coefficient (Wildman–Crippen LogP) is 4.84. The van der Waals surface area contributed by atoms with Gasteiger partial charge in [0.1, 0.15) is 4.90 Å². The van der Waals surface area contributed by atoms with Gasteiger partial charge < -0.3 is 4.90 Å². The summed E-state index contributed by atoms with van der Waals surface area (Å²) in [6, 6.07) is 24.9. The number of benzene rings is 3. The Bertz CT molecular complexity index is 1430. The highest BCUT2D eigenvalue weighted by Gasteiger charge is 2.19. The van der Waals surface area contributed by atoms with Crippen LogP contribution in [0, 0.1) is 0 Å². The molecule has 2 heterocycles. The first kappa shape index (κ1) is 23.5. The van der Waals surface area contributed by atoms with E-state index >= 15 is 0 Å². The predicted molar refractivity (Wildman–Crippen MR) is 142 cm³/mol. The summed E-state index contributed by atoms with van der Waals surface area (Å²) in [6.07, 6.45) is 2.80. The highest BCUT2D eigenvalue weighted by atomic mass is 32.2. The minimum absolute atomic E-state index is 0.172. The molecule has 5 rings (SSSR count). The third-order valence-corrected chi connectivity index (χ3v) is 7.89. The highest BCUT2D eigenvalue weighted by molar-refractivity contribution is 7.93. The van der Waals surface area contributed by atoms with Crippen molar-refractivity contribution in [3.63, 3.8) is 0 Å². The zero-order valence-corrected chi connectivity index (χ0v) is 20.7. The second-order valence-corrected chi connectivity index (χ2v) is 10.8. The van der Waals surface area contributed by atoms with Gasteiger partial charge in [0.15, 0.2) is 0 Å². The van der Waals surface area contributed by atoms with Crippen molar-refractivity contribution in [2.24, 2.45) is 0 Å². The number of nitrogens with one attached hydrogen (secondary N) is 1. The molecule has 1 aliphatic heterocycles. The first-order valence-corrected chi connectivity index (χ1v) is 13.4. The maximum atomic E-state index is 13.2. The van der Waals surface area contributed by atoms with Gasteiger partial charge in [-0.15, -0.1) is 0 Å². The summed E-state index contributed by atoms with van der Waals surface area (Å²) in [5.41, 5.74) is 4.29. The second-order valence-electron chi connectivity index (χ2n) is 9.15. The molecule has 1 aliphatic rings. The van der Waals surface area contributed by atoms with Gasteiger partial charge in [0.25, 0.3) is 10.0 Å². The van der Waals surface area contributed by atoms with Crippen molar-refractivity contribution < 1.29 is 8.42 Å². The molecule has 1 fully saturated rings. The number of likely N-dealkylation sites (N-methyl/N-ethyl adjacent to an activating group) is 1. The van der Waals surface area contributed by atoms with Crippen LogP contribution in [0.15, 0.2) is 90.0 Å². The Balaban J connectivity index is 1.37. The van der Waals surface area contributed by atoms with Crippen molar-refractivity contribution in [3.05, 3.63) is 90.6 Å². The van der Waals surface area contributed by atoms with E-state index in [0.29, 0.717) is 11.2 Å². The maximum absolute atomic E-state index is 13.2. The van der Waals surface area contributed by atoms with E-state index in [1.54, 1.807) is 30.5 Å². The van der Waals surface area contributed by atoms with Crippen molar-refractivity contribution in [3.8, 4) is 11.1 Å². The molecule has 3 aromatic carbocycles. The summed E-state index contributed by atoms with van der Waals surface area (Å²) in [6.45, 7) is 5.33. The Morgan fingerprint density at radius 2 is 1.63 bits per heavy atom. The van der Waals surface area contributed by atoms with Gasteiger partial charge in [-0.3, -0.25) is 14.6 Å². The van der Waals surface area contributed by atoms with Crippen LogP contribution in [-0.4, -0.2) is 56.4 Å². The molecule has 4 aromatic rings. The van der Waals surface area contributed by atoms with E-state index < -0.39 is 10.0 Å². The van der Waals surface area contributed by atoms with Crippen LogP contribution in [0.25, 0.3) is 22.0 Å². The van der Waals surface area contributed by atoms with Gasteiger partial charge in [-0.25, -0.2) is 8.42 Å². The lowest BCUT2D eigenvalue weighted by atomic mass is 10.0. The zero-order valence-electron chi connectivity index (χ0n) is 19.9. The van der Waals surface area contributed by atoms with Gasteiger partial charge in [0.2, 0.25) is 0 Å². The second kappa shape index (κ2) is 10.2. The molecule has 0 atom stereocenters. The fourth-order valence-corrected chi connectivity index (χ4v) is 5.86. The normalized spacial score (nSPS) is 15.7. The van der Waals surface area contributed by atoms with Gasteiger partial charge in [0.05, 0.1) is 5.52 Å². The van der Waals surface area contributed by atoms with Crippen molar-refractivity contribution >= 4 is 26.6 Å². The first-order chi connectivity index (χ1) is 17.0. The fraction of sp³-hybridized carbons (Fsp3) is 0.250. The van der Waals surface area contributed by atoms with Crippen LogP contribution in [0.5, 0.6) is 0 Å². The molecule has 0 unspecified atom stereocenters. The number of rotatable bonds is 6. The summed E-state index contributed by atoms with van der Waals surface area (Å²) < 4.78 is 29.2. The lowest BCUT2D eigenvalue weighted by molar-refractivity contribution is 0.269. The monoisotopic (exact) mass is 486 g/mol. The average molecular weight is 487 g/mol. The number of anilines is 1. The molecular weight excluding hydrogens is 456 g/mol. The van der Waals surface area contributed by atoms with E-state index in [-0.39, 0.29) is 4.90 Å². The number of fused-ring (bicyclic) bond motifs is 1. The van der Waals surface area contributed by atoms with Gasteiger partial charge in [-0.1, -0.05) is 48.5 Å². The molecule has 0 bridgehead atoms. The van der Waals surface area contributed by atoms with Gasteiger partial charge in [-0.05, 0) is 73.6 Å². The van der Waals surface area contributed by atoms with Crippen LogP contribution in [0.1, 0.15) is 12.0 Å². The zero-order chi connectivity index (χ0) is 24.3. The maximum Gasteiger partial charge on any atom is 0.264 e. The molecule has 1 aromatic heterocycles. The smallest absolute Gasteiger partial charge is 0.264 e. The number of sulfonamides is 1. The van der Waals surface area contributed by atoms with Gasteiger partial charge in [-0.2, -0.15) is 0 Å². The summed E-state index contributed by atoms with van der Waals surface area (Å²) in [5, 5.41) is 0.789. The number of hydrogen-bond donors (Lipinski definition) is 1. The van der Waals surface area contributed by atoms with E-state index in [1.807, 2.05) is 30.3 Å². The number of pyridine rings is 1. The molecule has 180 valence electrons. The minimum Gasteiger partial charge on any atom is -0.305 e. The highest BCUT2D eigenvalue weighted by Crippen LogP contribution is 2.27. The molecular formula is C28H30N4O2S. The Kier molecular flexibility index (Phi) is 6.81. The largest absolute Gasteiger partial charge is 0.305 e. The lowest BCUT2D eigenvalue weighted by Crippen LogP contribution is -2.28. The molecule has 1 saturated heterocycles. The molecule has 0 saturated carbocycles. The van der Waals surface area contributed by atoms with Crippen LogP contribution < -0.4 is 4.72 Å². The molecule has 1 N–H and O–H groups in total. The van der Waals surface area contributed by atoms with Gasteiger partial charge >= 0.3 is 0 Å². The summed E-state index contributed by atoms with van der Waals surface area (Å²) >= 11 is 0. The van der Waals surface area contributed by atoms with Crippen LogP contribution in [0.4, 0.5) is 5.69 Å². The Labute approximate surface area is 207 Å². The fourth-order valence-electron chi connectivity index (χ4n) is 4.63. The SMILES string of the molecule is CN1CCCN(Cc2cccc(-c3cccc(NS(=O)(=O)c4cccc5cccnc45)c3)c2)CC1. The van der Waals surface area contributed by atoms with Gasteiger partial charge in [0, 0.05) is 36.9 Å². The van der Waals surface area contributed by atoms with Crippen LogP contribution in [0.2, 0.25) is 0 Å². The topological polar surface area (TPSA) is 65.5 Å². The summed E-state index contributed by atoms with van der Waals surface area (Å²) in [7, 11) is -1.61. The van der Waals surface area contributed by atoms with Crippen LogP contribution >= 0.6 is 0 Å². The number of nitrogens with zero attached hydrogens (tertiary/aromatic N) is 3. The van der Waals surface area contributed by atoms with Crippen LogP contribution in [-0.2, 0) is 16.6 Å². The molecule has 0 amide bonds. The Morgan fingerprint density at radius 3 is 2.51 bits per heavy atom. The number of para-hydroxylation sites is 1. The quantitative estimate of drug-likeness (QED) is 0.423. The Morgan fingerprint density at radius 1 is 0.857 bits per heavy atom. The van der Waals surface area contributed by atoms with Crippen molar-refractivity contribution in [2.45, 2.75) is 17.9 Å². The molecule has 6 nitrogen and oxygen atoms in total. The van der Waals surface area contributed by atoms with E-state index in [4.69, 9.17) is 0 Å². The van der Waals surface area contributed by atoms with Crippen molar-refractivity contribution in [1.29, 1.82) is 0 Å². The summed E-state index contributed by atoms with van der Waals surface area (Å²) in [5.74, 6) is 0.